The van der Waals surface area contributed by atoms with Crippen LogP contribution in [0.4, 0.5) is 0 Å². The predicted molar refractivity (Wildman–Crippen MR) is 94.8 cm³/mol. The number of benzene rings is 1. The van der Waals surface area contributed by atoms with Crippen LogP contribution in [0.3, 0.4) is 0 Å². The number of rotatable bonds is 4. The zero-order chi connectivity index (χ0) is 16.4. The maximum Gasteiger partial charge on any atom is 0.237 e. The molecule has 24 heavy (non-hydrogen) atoms. The lowest BCUT2D eigenvalue weighted by molar-refractivity contribution is -0.122. The fraction of sp³-hybridized carbons (Fsp3) is 0.333. The average Bonchev–Trinajstić information content (AvgIpc) is 3.18. The van der Waals surface area contributed by atoms with Gasteiger partial charge in [0.1, 0.15) is 5.76 Å². The number of carbonyl (C=O) groups excluding carboxylic acids is 1. The summed E-state index contributed by atoms with van der Waals surface area (Å²) >= 11 is 1.62. The molecule has 1 amide bonds. The van der Waals surface area contributed by atoms with Gasteiger partial charge in [-0.05, 0) is 43.5 Å². The molecule has 0 bridgehead atoms. The molecule has 124 valence electrons. The number of hydrogen-bond donors (Lipinski definition) is 2. The molecule has 0 aliphatic carbocycles. The highest BCUT2D eigenvalue weighted by Gasteiger charge is 2.20. The van der Waals surface area contributed by atoms with Gasteiger partial charge >= 0.3 is 0 Å². The number of para-hydroxylation sites is 1. The molecule has 1 aliphatic heterocycles. The van der Waals surface area contributed by atoms with Crippen LogP contribution >= 0.6 is 11.3 Å². The van der Waals surface area contributed by atoms with Crippen molar-refractivity contribution in [2.75, 3.05) is 6.54 Å². The van der Waals surface area contributed by atoms with Gasteiger partial charge in [-0.3, -0.25) is 10.1 Å². The SMILES string of the molecule is O=C1NCCCCC1NCc1ccc(-c2nc3ccccc3s2)o1. The minimum atomic E-state index is -0.136. The molecule has 5 nitrogen and oxygen atoms in total. The maximum absolute atomic E-state index is 11.9. The van der Waals surface area contributed by atoms with E-state index in [-0.39, 0.29) is 11.9 Å². The Labute approximate surface area is 144 Å². The third kappa shape index (κ3) is 3.20. The molecule has 2 aromatic heterocycles. The summed E-state index contributed by atoms with van der Waals surface area (Å²) < 4.78 is 7.06. The van der Waals surface area contributed by atoms with Crippen molar-refractivity contribution in [2.45, 2.75) is 31.8 Å². The van der Waals surface area contributed by atoms with E-state index in [1.807, 2.05) is 30.3 Å². The number of amides is 1. The highest BCUT2D eigenvalue weighted by Crippen LogP contribution is 2.31. The van der Waals surface area contributed by atoms with Gasteiger partial charge in [-0.25, -0.2) is 4.98 Å². The Bertz CT molecular complexity index is 822. The predicted octanol–water partition coefficient (Wildman–Crippen LogP) is 3.31. The van der Waals surface area contributed by atoms with Gasteiger partial charge in [-0.1, -0.05) is 12.1 Å². The molecule has 1 aliphatic rings. The van der Waals surface area contributed by atoms with Gasteiger partial charge in [0.2, 0.25) is 5.91 Å². The van der Waals surface area contributed by atoms with Crippen LogP contribution < -0.4 is 10.6 Å². The van der Waals surface area contributed by atoms with E-state index in [2.05, 4.69) is 21.7 Å². The zero-order valence-electron chi connectivity index (χ0n) is 13.2. The van der Waals surface area contributed by atoms with Crippen molar-refractivity contribution in [3.05, 3.63) is 42.2 Å². The third-order valence-electron chi connectivity index (χ3n) is 4.22. The van der Waals surface area contributed by atoms with Crippen molar-refractivity contribution in [1.29, 1.82) is 0 Å². The Morgan fingerprint density at radius 2 is 2.17 bits per heavy atom. The Kier molecular flexibility index (Phi) is 4.32. The lowest BCUT2D eigenvalue weighted by atomic mass is 10.1. The molecule has 1 saturated heterocycles. The Morgan fingerprint density at radius 1 is 1.25 bits per heavy atom. The lowest BCUT2D eigenvalue weighted by Gasteiger charge is -2.13. The lowest BCUT2D eigenvalue weighted by Crippen LogP contribution is -2.42. The van der Waals surface area contributed by atoms with Crippen molar-refractivity contribution in [1.82, 2.24) is 15.6 Å². The first kappa shape index (κ1) is 15.4. The topological polar surface area (TPSA) is 67.2 Å². The molecule has 0 radical (unpaired) electrons. The first-order valence-electron chi connectivity index (χ1n) is 8.25. The van der Waals surface area contributed by atoms with Crippen LogP contribution in [0.25, 0.3) is 21.0 Å². The highest BCUT2D eigenvalue weighted by atomic mass is 32.1. The van der Waals surface area contributed by atoms with E-state index in [1.165, 1.54) is 0 Å². The second-order valence-corrected chi connectivity index (χ2v) is 7.00. The first-order chi connectivity index (χ1) is 11.8. The van der Waals surface area contributed by atoms with E-state index >= 15 is 0 Å². The van der Waals surface area contributed by atoms with Gasteiger partial charge in [0, 0.05) is 6.54 Å². The van der Waals surface area contributed by atoms with Gasteiger partial charge < -0.3 is 9.73 Å². The fourth-order valence-electron chi connectivity index (χ4n) is 2.92. The van der Waals surface area contributed by atoms with Crippen molar-refractivity contribution in [3.63, 3.8) is 0 Å². The number of fused-ring (bicyclic) bond motifs is 1. The molecule has 0 saturated carbocycles. The van der Waals surface area contributed by atoms with Crippen LogP contribution in [-0.4, -0.2) is 23.5 Å². The van der Waals surface area contributed by atoms with Crippen LogP contribution in [-0.2, 0) is 11.3 Å². The molecular formula is C18H19N3O2S. The number of furan rings is 1. The standard InChI is InChI=1S/C18H19N3O2S/c22-17-14(6-3-4-10-19-17)20-11-12-8-9-15(23-12)18-21-13-5-1-2-7-16(13)24-18/h1-2,5,7-9,14,20H,3-4,6,10-11H2,(H,19,22). The van der Waals surface area contributed by atoms with Crippen LogP contribution in [0.15, 0.2) is 40.8 Å². The first-order valence-corrected chi connectivity index (χ1v) is 9.07. The molecule has 1 atom stereocenters. The van der Waals surface area contributed by atoms with Crippen LogP contribution in [0.2, 0.25) is 0 Å². The highest BCUT2D eigenvalue weighted by molar-refractivity contribution is 7.21. The molecule has 1 aromatic carbocycles. The van der Waals surface area contributed by atoms with Gasteiger partial charge in [-0.2, -0.15) is 0 Å². The summed E-state index contributed by atoms with van der Waals surface area (Å²) in [4.78, 5) is 16.6. The van der Waals surface area contributed by atoms with Crippen molar-refractivity contribution < 1.29 is 9.21 Å². The van der Waals surface area contributed by atoms with Crippen LogP contribution in [0.1, 0.15) is 25.0 Å². The summed E-state index contributed by atoms with van der Waals surface area (Å²) in [5.41, 5.74) is 0.990. The third-order valence-corrected chi connectivity index (χ3v) is 5.28. The van der Waals surface area contributed by atoms with E-state index in [1.54, 1.807) is 11.3 Å². The summed E-state index contributed by atoms with van der Waals surface area (Å²) in [6.45, 7) is 1.32. The monoisotopic (exact) mass is 341 g/mol. The molecule has 6 heteroatoms. The van der Waals surface area contributed by atoms with E-state index < -0.39 is 0 Å². The minimum Gasteiger partial charge on any atom is -0.457 e. The number of thiazole rings is 1. The molecule has 4 rings (SSSR count). The minimum absolute atomic E-state index is 0.0884. The number of nitrogens with one attached hydrogen (secondary N) is 2. The molecule has 3 heterocycles. The number of nitrogens with zero attached hydrogens (tertiary/aromatic N) is 1. The number of hydrogen-bond acceptors (Lipinski definition) is 5. The fourth-order valence-corrected chi connectivity index (χ4v) is 3.85. The molecular weight excluding hydrogens is 322 g/mol. The van der Waals surface area contributed by atoms with Crippen molar-refractivity contribution in [2.24, 2.45) is 0 Å². The molecule has 3 aromatic rings. The van der Waals surface area contributed by atoms with Gasteiger partial charge in [0.15, 0.2) is 10.8 Å². The van der Waals surface area contributed by atoms with E-state index in [0.717, 1.165) is 52.6 Å². The average molecular weight is 341 g/mol. The second-order valence-electron chi connectivity index (χ2n) is 5.97. The largest absolute Gasteiger partial charge is 0.457 e. The van der Waals surface area contributed by atoms with E-state index in [4.69, 9.17) is 4.42 Å². The Hall–Kier alpha value is -2.18. The van der Waals surface area contributed by atoms with Gasteiger partial charge in [0.05, 0.1) is 22.8 Å². The van der Waals surface area contributed by atoms with E-state index in [0.29, 0.717) is 6.54 Å². The molecule has 0 spiro atoms. The number of carbonyl (C=O) groups is 1. The molecule has 1 fully saturated rings. The normalized spacial score (nSPS) is 18.5. The summed E-state index contributed by atoms with van der Waals surface area (Å²) in [6.07, 6.45) is 2.98. The number of aromatic nitrogens is 1. The molecule has 2 N–H and O–H groups in total. The smallest absolute Gasteiger partial charge is 0.237 e. The summed E-state index contributed by atoms with van der Waals surface area (Å²) in [7, 11) is 0. The second kappa shape index (κ2) is 6.75. The van der Waals surface area contributed by atoms with Gasteiger partial charge in [-0.15, -0.1) is 11.3 Å². The Morgan fingerprint density at radius 3 is 3.08 bits per heavy atom. The zero-order valence-corrected chi connectivity index (χ0v) is 14.1. The van der Waals surface area contributed by atoms with Crippen molar-refractivity contribution >= 4 is 27.5 Å². The van der Waals surface area contributed by atoms with E-state index in [9.17, 15) is 4.79 Å². The maximum atomic E-state index is 11.9. The Balaban J connectivity index is 1.45. The summed E-state index contributed by atoms with van der Waals surface area (Å²) in [5, 5.41) is 7.12. The summed E-state index contributed by atoms with van der Waals surface area (Å²) in [6, 6.07) is 11.8. The van der Waals surface area contributed by atoms with Crippen LogP contribution in [0.5, 0.6) is 0 Å². The quantitative estimate of drug-likeness (QED) is 0.764. The summed E-state index contributed by atoms with van der Waals surface area (Å²) in [5.74, 6) is 1.69. The van der Waals surface area contributed by atoms with Gasteiger partial charge in [0.25, 0.3) is 0 Å². The molecule has 1 unspecified atom stereocenters. The van der Waals surface area contributed by atoms with Crippen molar-refractivity contribution in [3.8, 4) is 10.8 Å². The van der Waals surface area contributed by atoms with Crippen LogP contribution in [0, 0.1) is 0 Å².